The molecule has 0 fully saturated rings. The number of rotatable bonds is 4. The predicted molar refractivity (Wildman–Crippen MR) is 85.4 cm³/mol. The van der Waals surface area contributed by atoms with Gasteiger partial charge in [0.25, 0.3) is 0 Å². The van der Waals surface area contributed by atoms with Gasteiger partial charge in [0.2, 0.25) is 11.1 Å². The first-order chi connectivity index (χ1) is 10.3. The van der Waals surface area contributed by atoms with Crippen LogP contribution in [0.3, 0.4) is 0 Å². The van der Waals surface area contributed by atoms with Gasteiger partial charge >= 0.3 is 0 Å². The second-order valence-corrected chi connectivity index (χ2v) is 7.28. The van der Waals surface area contributed by atoms with Crippen LogP contribution in [-0.2, 0) is 10.2 Å². The largest absolute Gasteiger partial charge is 0.325 e. The van der Waals surface area contributed by atoms with Gasteiger partial charge in [-0.25, -0.2) is 9.37 Å². The summed E-state index contributed by atoms with van der Waals surface area (Å²) in [6, 6.07) is 5.65. The number of hydrogen-bond acceptors (Lipinski definition) is 4. The van der Waals surface area contributed by atoms with Crippen LogP contribution in [-0.4, -0.2) is 26.3 Å². The molecule has 5 nitrogen and oxygen atoms in total. The lowest BCUT2D eigenvalue weighted by Gasteiger charge is -2.13. The Morgan fingerprint density at radius 3 is 2.50 bits per heavy atom. The highest BCUT2D eigenvalue weighted by molar-refractivity contribution is 8.00. The molecule has 1 aromatic heterocycles. The van der Waals surface area contributed by atoms with Gasteiger partial charge in [0, 0.05) is 11.1 Å². The molecule has 7 heteroatoms. The molecule has 1 amide bonds. The van der Waals surface area contributed by atoms with Gasteiger partial charge in [-0.15, -0.1) is 5.10 Å². The summed E-state index contributed by atoms with van der Waals surface area (Å²) in [6.45, 7) is 7.88. The Bertz CT molecular complexity index is 648. The summed E-state index contributed by atoms with van der Waals surface area (Å²) < 4.78 is 12.8. The first-order valence-electron chi connectivity index (χ1n) is 6.91. The van der Waals surface area contributed by atoms with E-state index in [2.05, 4.69) is 20.5 Å². The molecule has 0 spiro atoms. The highest BCUT2D eigenvalue weighted by Gasteiger charge is 2.21. The topological polar surface area (TPSA) is 70.7 Å². The second kappa shape index (κ2) is 6.48. The van der Waals surface area contributed by atoms with E-state index in [1.165, 1.54) is 36.0 Å². The molecule has 0 saturated heterocycles. The Hall–Kier alpha value is -1.89. The molecule has 0 radical (unpaired) electrons. The van der Waals surface area contributed by atoms with Crippen LogP contribution in [0.2, 0.25) is 0 Å². The van der Waals surface area contributed by atoms with Crippen LogP contribution in [0.15, 0.2) is 29.4 Å². The summed E-state index contributed by atoms with van der Waals surface area (Å²) in [5.74, 6) is 0.260. The Labute approximate surface area is 133 Å². The molecule has 0 bridgehead atoms. The first kappa shape index (κ1) is 16.5. The minimum absolute atomic E-state index is 0.120. The van der Waals surface area contributed by atoms with Crippen molar-refractivity contribution in [2.45, 2.75) is 43.5 Å². The van der Waals surface area contributed by atoms with Gasteiger partial charge in [-0.05, 0) is 31.2 Å². The zero-order valence-corrected chi connectivity index (χ0v) is 13.8. The highest BCUT2D eigenvalue weighted by Crippen LogP contribution is 2.24. The maximum Gasteiger partial charge on any atom is 0.237 e. The Balaban J connectivity index is 1.96. The normalized spacial score (nSPS) is 13.0. The molecule has 0 saturated carbocycles. The molecular weight excluding hydrogens is 303 g/mol. The lowest BCUT2D eigenvalue weighted by atomic mass is 9.96. The quantitative estimate of drug-likeness (QED) is 0.847. The summed E-state index contributed by atoms with van der Waals surface area (Å²) in [4.78, 5) is 16.5. The third kappa shape index (κ3) is 4.30. The van der Waals surface area contributed by atoms with Gasteiger partial charge in [-0.3, -0.25) is 9.89 Å². The van der Waals surface area contributed by atoms with E-state index in [0.29, 0.717) is 10.8 Å². The minimum atomic E-state index is -0.367. The fraction of sp³-hybridized carbons (Fsp3) is 0.400. The van der Waals surface area contributed by atoms with Crippen molar-refractivity contribution in [2.24, 2.45) is 0 Å². The summed E-state index contributed by atoms with van der Waals surface area (Å²) in [5, 5.41) is 9.91. The zero-order chi connectivity index (χ0) is 16.3. The number of carbonyl (C=O) groups excluding carboxylic acids is 1. The van der Waals surface area contributed by atoms with Crippen LogP contribution in [0.4, 0.5) is 10.1 Å². The van der Waals surface area contributed by atoms with E-state index in [1.54, 1.807) is 6.92 Å². The van der Waals surface area contributed by atoms with E-state index >= 15 is 0 Å². The van der Waals surface area contributed by atoms with E-state index in [1.807, 2.05) is 20.8 Å². The molecule has 118 valence electrons. The molecule has 0 aliphatic heterocycles. The van der Waals surface area contributed by atoms with Crippen molar-refractivity contribution in [2.75, 3.05) is 5.32 Å². The first-order valence-corrected chi connectivity index (χ1v) is 7.79. The number of H-pyrrole nitrogens is 1. The molecule has 1 atom stereocenters. The highest BCUT2D eigenvalue weighted by atomic mass is 32.2. The fourth-order valence-corrected chi connectivity index (χ4v) is 2.35. The van der Waals surface area contributed by atoms with Crippen molar-refractivity contribution < 1.29 is 9.18 Å². The number of benzene rings is 1. The number of nitrogens with one attached hydrogen (secondary N) is 2. The number of nitrogens with zero attached hydrogens (tertiary/aromatic N) is 2. The molecular formula is C15H19FN4OS. The number of thioether (sulfide) groups is 1. The van der Waals surface area contributed by atoms with Gasteiger partial charge in [0.1, 0.15) is 11.6 Å². The van der Waals surface area contributed by atoms with Gasteiger partial charge in [0.05, 0.1) is 5.25 Å². The van der Waals surface area contributed by atoms with Gasteiger partial charge in [0.15, 0.2) is 0 Å². The van der Waals surface area contributed by atoms with Crippen LogP contribution in [0.1, 0.15) is 33.5 Å². The number of hydrogen-bond donors (Lipinski definition) is 2. The molecule has 1 aromatic carbocycles. The van der Waals surface area contributed by atoms with E-state index in [4.69, 9.17) is 0 Å². The summed E-state index contributed by atoms with van der Waals surface area (Å²) >= 11 is 1.27. The van der Waals surface area contributed by atoms with Gasteiger partial charge in [-0.1, -0.05) is 32.5 Å². The zero-order valence-electron chi connectivity index (χ0n) is 13.0. The number of aromatic amines is 1. The summed E-state index contributed by atoms with van der Waals surface area (Å²) in [5.41, 5.74) is 0.440. The summed E-state index contributed by atoms with van der Waals surface area (Å²) in [7, 11) is 0. The van der Waals surface area contributed by atoms with Crippen LogP contribution in [0.25, 0.3) is 0 Å². The number of halogens is 1. The molecule has 2 rings (SSSR count). The minimum Gasteiger partial charge on any atom is -0.325 e. The van der Waals surface area contributed by atoms with E-state index in [-0.39, 0.29) is 22.4 Å². The fourth-order valence-electron chi connectivity index (χ4n) is 1.62. The Morgan fingerprint density at radius 2 is 1.95 bits per heavy atom. The van der Waals surface area contributed by atoms with Crippen molar-refractivity contribution in [3.63, 3.8) is 0 Å². The lowest BCUT2D eigenvalue weighted by molar-refractivity contribution is -0.115. The molecule has 1 heterocycles. The van der Waals surface area contributed by atoms with Gasteiger partial charge in [-0.2, -0.15) is 0 Å². The van der Waals surface area contributed by atoms with Crippen LogP contribution in [0.5, 0.6) is 0 Å². The number of amides is 1. The SMILES string of the molecule is C[C@H](Sc1n[nH]c(C(C)(C)C)n1)C(=O)Nc1ccc(F)cc1. The third-order valence-electron chi connectivity index (χ3n) is 2.94. The van der Waals surface area contributed by atoms with Crippen LogP contribution < -0.4 is 5.32 Å². The molecule has 0 aliphatic carbocycles. The standard InChI is InChI=1S/C15H19FN4OS/c1-9(12(21)17-11-7-5-10(16)6-8-11)22-14-18-13(19-20-14)15(2,3)4/h5-9H,1-4H3,(H,17,21)(H,18,19,20)/t9-/m0/s1. The van der Waals surface area contributed by atoms with Crippen LogP contribution in [0, 0.1) is 5.82 Å². The molecule has 0 unspecified atom stereocenters. The average molecular weight is 322 g/mol. The Morgan fingerprint density at radius 1 is 1.32 bits per heavy atom. The van der Waals surface area contributed by atoms with Gasteiger partial charge < -0.3 is 5.32 Å². The van der Waals surface area contributed by atoms with E-state index < -0.39 is 0 Å². The molecule has 0 aliphatic rings. The van der Waals surface area contributed by atoms with Crippen molar-refractivity contribution in [3.8, 4) is 0 Å². The number of carbonyl (C=O) groups is 1. The number of anilines is 1. The molecule has 2 aromatic rings. The lowest BCUT2D eigenvalue weighted by Crippen LogP contribution is -2.22. The third-order valence-corrected chi connectivity index (χ3v) is 3.90. The van der Waals surface area contributed by atoms with Crippen molar-refractivity contribution in [3.05, 3.63) is 35.9 Å². The van der Waals surface area contributed by atoms with Crippen molar-refractivity contribution in [1.82, 2.24) is 15.2 Å². The maximum absolute atomic E-state index is 12.8. The van der Waals surface area contributed by atoms with Crippen LogP contribution >= 0.6 is 11.8 Å². The smallest absolute Gasteiger partial charge is 0.237 e. The maximum atomic E-state index is 12.8. The number of aromatic nitrogens is 3. The van der Waals surface area contributed by atoms with Crippen molar-refractivity contribution >= 4 is 23.4 Å². The van der Waals surface area contributed by atoms with E-state index in [9.17, 15) is 9.18 Å². The molecule has 22 heavy (non-hydrogen) atoms. The monoisotopic (exact) mass is 322 g/mol. The summed E-state index contributed by atoms with van der Waals surface area (Å²) in [6.07, 6.45) is 0. The molecule has 2 N–H and O–H groups in total. The Kier molecular flexibility index (Phi) is 4.85. The second-order valence-electron chi connectivity index (χ2n) is 5.97. The predicted octanol–water partition coefficient (Wildman–Crippen LogP) is 3.36. The van der Waals surface area contributed by atoms with Crippen molar-refractivity contribution in [1.29, 1.82) is 0 Å². The van der Waals surface area contributed by atoms with E-state index in [0.717, 1.165) is 5.82 Å². The average Bonchev–Trinajstić information content (AvgIpc) is 2.90.